The van der Waals surface area contributed by atoms with E-state index in [2.05, 4.69) is 25.6 Å². The quantitative estimate of drug-likeness (QED) is 0.573. The first kappa shape index (κ1) is 24.2. The molecule has 0 spiro atoms. The maximum Gasteiger partial charge on any atom is 0.243 e. The highest BCUT2D eigenvalue weighted by atomic mass is 32.1. The first-order valence-electron chi connectivity index (χ1n) is 10.8. The van der Waals surface area contributed by atoms with Crippen molar-refractivity contribution in [3.8, 4) is 10.6 Å². The summed E-state index contributed by atoms with van der Waals surface area (Å²) in [5.74, 6) is -0.469. The number of aryl methyl sites for hydroxylation is 1. The highest BCUT2D eigenvalue weighted by Gasteiger charge is 2.43. The molecule has 2 amide bonds. The van der Waals surface area contributed by atoms with Crippen LogP contribution >= 0.6 is 11.3 Å². The summed E-state index contributed by atoms with van der Waals surface area (Å²) in [6, 6.07) is -1.16. The SMILES string of the molecule is CCN[C@H](C(=O)N1C[C@H](O)C[C@H]1C(=O)NCc1cnc(-c2scnc2C)cn1)C(C)(C)C. The minimum absolute atomic E-state index is 0.150. The van der Waals surface area contributed by atoms with Crippen LogP contribution in [0.25, 0.3) is 10.6 Å². The molecule has 0 radical (unpaired) electrons. The van der Waals surface area contributed by atoms with Crippen molar-refractivity contribution in [2.24, 2.45) is 5.41 Å². The van der Waals surface area contributed by atoms with E-state index in [-0.39, 0.29) is 36.7 Å². The molecule has 3 N–H and O–H groups in total. The Kier molecular flexibility index (Phi) is 7.58. The van der Waals surface area contributed by atoms with E-state index in [1.807, 2.05) is 34.6 Å². The molecule has 9 nitrogen and oxygen atoms in total. The van der Waals surface area contributed by atoms with Gasteiger partial charge in [0.05, 0.1) is 52.9 Å². The highest BCUT2D eigenvalue weighted by molar-refractivity contribution is 7.13. The third-order valence-electron chi connectivity index (χ3n) is 5.51. The molecular formula is C22H32N6O3S. The Labute approximate surface area is 192 Å². The minimum Gasteiger partial charge on any atom is -0.391 e. The summed E-state index contributed by atoms with van der Waals surface area (Å²) in [7, 11) is 0. The maximum absolute atomic E-state index is 13.2. The van der Waals surface area contributed by atoms with Gasteiger partial charge in [-0.2, -0.15) is 0 Å². The van der Waals surface area contributed by atoms with E-state index in [1.54, 1.807) is 17.9 Å². The summed E-state index contributed by atoms with van der Waals surface area (Å²) in [4.78, 5) is 41.7. The molecule has 0 unspecified atom stereocenters. The molecule has 32 heavy (non-hydrogen) atoms. The predicted octanol–water partition coefficient (Wildman–Crippen LogP) is 1.51. The van der Waals surface area contributed by atoms with Crippen LogP contribution in [0.2, 0.25) is 0 Å². The summed E-state index contributed by atoms with van der Waals surface area (Å²) in [5, 5.41) is 16.3. The number of hydrogen-bond acceptors (Lipinski definition) is 8. The second-order valence-electron chi connectivity index (χ2n) is 9.13. The molecule has 0 aromatic carbocycles. The molecule has 0 saturated carbocycles. The van der Waals surface area contributed by atoms with Gasteiger partial charge in [-0.15, -0.1) is 11.3 Å². The van der Waals surface area contributed by atoms with Gasteiger partial charge >= 0.3 is 0 Å². The van der Waals surface area contributed by atoms with Gasteiger partial charge in [0.2, 0.25) is 11.8 Å². The molecule has 1 aliphatic heterocycles. The molecule has 0 bridgehead atoms. The summed E-state index contributed by atoms with van der Waals surface area (Å²) < 4.78 is 0. The van der Waals surface area contributed by atoms with Gasteiger partial charge in [0, 0.05) is 13.0 Å². The lowest BCUT2D eigenvalue weighted by Crippen LogP contribution is -2.56. The fourth-order valence-corrected chi connectivity index (χ4v) is 4.61. The molecule has 174 valence electrons. The number of hydrogen-bond donors (Lipinski definition) is 3. The van der Waals surface area contributed by atoms with Crippen LogP contribution in [0.5, 0.6) is 0 Å². The molecule has 3 atom stereocenters. The highest BCUT2D eigenvalue weighted by Crippen LogP contribution is 2.26. The van der Waals surface area contributed by atoms with Gasteiger partial charge in [-0.1, -0.05) is 27.7 Å². The number of β-amino-alcohol motifs (C(OH)–C–C–N with tert-alkyl or cyclic N) is 1. The zero-order valence-electron chi connectivity index (χ0n) is 19.3. The maximum atomic E-state index is 13.2. The molecule has 3 heterocycles. The van der Waals surface area contributed by atoms with Crippen LogP contribution in [-0.2, 0) is 16.1 Å². The third kappa shape index (κ3) is 5.48. The number of nitrogens with zero attached hydrogens (tertiary/aromatic N) is 4. The molecule has 3 rings (SSSR count). The topological polar surface area (TPSA) is 120 Å². The molecule has 0 aliphatic carbocycles. The van der Waals surface area contributed by atoms with Gasteiger partial charge < -0.3 is 20.6 Å². The van der Waals surface area contributed by atoms with Crippen molar-refractivity contribution in [3.63, 3.8) is 0 Å². The lowest BCUT2D eigenvalue weighted by Gasteiger charge is -2.35. The summed E-state index contributed by atoms with van der Waals surface area (Å²) in [6.07, 6.45) is 2.79. The van der Waals surface area contributed by atoms with Crippen molar-refractivity contribution >= 4 is 23.2 Å². The average Bonchev–Trinajstić information content (AvgIpc) is 3.35. The molecule has 2 aromatic rings. The largest absolute Gasteiger partial charge is 0.391 e. The van der Waals surface area contributed by atoms with Crippen LogP contribution in [0, 0.1) is 12.3 Å². The number of aliphatic hydroxyl groups is 1. The van der Waals surface area contributed by atoms with Crippen molar-refractivity contribution < 1.29 is 14.7 Å². The van der Waals surface area contributed by atoms with E-state index in [0.29, 0.717) is 12.2 Å². The molecule has 2 aromatic heterocycles. The lowest BCUT2D eigenvalue weighted by atomic mass is 9.85. The van der Waals surface area contributed by atoms with Crippen molar-refractivity contribution in [1.29, 1.82) is 0 Å². The van der Waals surface area contributed by atoms with Gasteiger partial charge in [-0.3, -0.25) is 19.6 Å². The number of rotatable bonds is 7. The van der Waals surface area contributed by atoms with Crippen LogP contribution in [0.4, 0.5) is 0 Å². The van der Waals surface area contributed by atoms with E-state index in [9.17, 15) is 14.7 Å². The fraction of sp³-hybridized carbons (Fsp3) is 0.591. The molecular weight excluding hydrogens is 428 g/mol. The van der Waals surface area contributed by atoms with E-state index in [4.69, 9.17) is 0 Å². The van der Waals surface area contributed by atoms with Crippen LogP contribution in [0.15, 0.2) is 17.9 Å². The smallest absolute Gasteiger partial charge is 0.243 e. The Morgan fingerprint density at radius 2 is 2.03 bits per heavy atom. The first-order chi connectivity index (χ1) is 15.1. The third-order valence-corrected chi connectivity index (χ3v) is 6.46. The van der Waals surface area contributed by atoms with E-state index >= 15 is 0 Å². The Bertz CT molecular complexity index is 940. The van der Waals surface area contributed by atoms with Crippen molar-refractivity contribution in [3.05, 3.63) is 29.3 Å². The number of likely N-dealkylation sites (tertiary alicyclic amines) is 1. The first-order valence-corrected chi connectivity index (χ1v) is 11.7. The number of carbonyl (C=O) groups is 2. The average molecular weight is 461 g/mol. The number of carbonyl (C=O) groups excluding carboxylic acids is 2. The fourth-order valence-electron chi connectivity index (χ4n) is 3.85. The molecule has 10 heteroatoms. The van der Waals surface area contributed by atoms with Crippen molar-refractivity contribution in [2.45, 2.75) is 65.8 Å². The predicted molar refractivity (Wildman–Crippen MR) is 123 cm³/mol. The van der Waals surface area contributed by atoms with E-state index < -0.39 is 18.2 Å². The Morgan fingerprint density at radius 3 is 2.59 bits per heavy atom. The van der Waals surface area contributed by atoms with Crippen LogP contribution in [0.1, 0.15) is 45.5 Å². The second kappa shape index (κ2) is 10.0. The number of amides is 2. The number of likely N-dealkylation sites (N-methyl/N-ethyl adjacent to an activating group) is 1. The Balaban J connectivity index is 1.65. The number of nitrogens with one attached hydrogen (secondary N) is 2. The number of thiazole rings is 1. The van der Waals surface area contributed by atoms with Gasteiger partial charge in [-0.25, -0.2) is 4.98 Å². The summed E-state index contributed by atoms with van der Waals surface area (Å²) >= 11 is 1.50. The van der Waals surface area contributed by atoms with Gasteiger partial charge in [-0.05, 0) is 18.9 Å². The zero-order chi connectivity index (χ0) is 23.5. The van der Waals surface area contributed by atoms with Crippen LogP contribution in [-0.4, -0.2) is 68.0 Å². The monoisotopic (exact) mass is 460 g/mol. The molecule has 1 fully saturated rings. The van der Waals surface area contributed by atoms with Gasteiger partial charge in [0.1, 0.15) is 11.7 Å². The minimum atomic E-state index is -0.723. The van der Waals surface area contributed by atoms with E-state index in [0.717, 1.165) is 16.3 Å². The summed E-state index contributed by atoms with van der Waals surface area (Å²) in [6.45, 7) is 10.8. The van der Waals surface area contributed by atoms with Crippen molar-refractivity contribution in [2.75, 3.05) is 13.1 Å². The van der Waals surface area contributed by atoms with E-state index in [1.165, 1.54) is 16.2 Å². The normalized spacial score (nSPS) is 19.8. The standard InChI is InChI=1S/C22H32N6O3S/c1-6-23-19(22(3,4)5)21(31)28-11-15(29)7-17(28)20(30)26-9-14-8-25-16(10-24-14)18-13(2)27-12-32-18/h8,10,12,15,17,19,23,29H,6-7,9,11H2,1-5H3,(H,26,30)/t15-,17+,19-/m1/s1. The number of aromatic nitrogens is 3. The Morgan fingerprint density at radius 1 is 1.28 bits per heavy atom. The lowest BCUT2D eigenvalue weighted by molar-refractivity contribution is -0.142. The Hall–Kier alpha value is -2.43. The zero-order valence-corrected chi connectivity index (χ0v) is 20.1. The molecule has 1 saturated heterocycles. The van der Waals surface area contributed by atoms with Crippen molar-refractivity contribution in [1.82, 2.24) is 30.5 Å². The number of aliphatic hydroxyl groups excluding tert-OH is 1. The summed E-state index contributed by atoms with van der Waals surface area (Å²) in [5.41, 5.74) is 3.70. The van der Waals surface area contributed by atoms with Crippen LogP contribution < -0.4 is 10.6 Å². The van der Waals surface area contributed by atoms with Gasteiger partial charge in [0.25, 0.3) is 0 Å². The molecule has 1 aliphatic rings. The van der Waals surface area contributed by atoms with Crippen LogP contribution in [0.3, 0.4) is 0 Å². The van der Waals surface area contributed by atoms with Gasteiger partial charge in [0.15, 0.2) is 0 Å². The second-order valence-corrected chi connectivity index (χ2v) is 9.99.